The van der Waals surface area contributed by atoms with Crippen LogP contribution in [0.25, 0.3) is 11.1 Å². The fraction of sp³-hybridized carbons (Fsp3) is 0.500. The van der Waals surface area contributed by atoms with Gasteiger partial charge in [-0.1, -0.05) is 11.6 Å². The molecular weight excluding hydrogens is 278 g/mol. The van der Waals surface area contributed by atoms with Crippen molar-refractivity contribution >= 4 is 28.7 Å². The molecule has 2 aromatic rings. The van der Waals surface area contributed by atoms with E-state index in [1.54, 1.807) is 6.07 Å². The van der Waals surface area contributed by atoms with Gasteiger partial charge in [-0.25, -0.2) is 0 Å². The molecule has 0 aliphatic carbocycles. The summed E-state index contributed by atoms with van der Waals surface area (Å²) >= 11 is 5.92. The van der Waals surface area contributed by atoms with Gasteiger partial charge < -0.3 is 14.5 Å². The highest BCUT2D eigenvalue weighted by Gasteiger charge is 2.10. The molecule has 1 aromatic heterocycles. The standard InChI is InChI=1S/C14H18ClN3O2/c15-11-2-3-12-13(10-11)20-14(17-12)16-4-1-5-18-6-8-19-9-7-18/h2-3,10H,1,4-9H2,(H,16,17). The molecule has 0 bridgehead atoms. The highest BCUT2D eigenvalue weighted by Crippen LogP contribution is 2.22. The second-order valence-corrected chi connectivity index (χ2v) is 5.30. The van der Waals surface area contributed by atoms with E-state index in [0.717, 1.165) is 51.3 Å². The number of hydrogen-bond acceptors (Lipinski definition) is 5. The van der Waals surface area contributed by atoms with Crippen molar-refractivity contribution in [3.8, 4) is 0 Å². The van der Waals surface area contributed by atoms with E-state index in [2.05, 4.69) is 15.2 Å². The molecule has 6 heteroatoms. The van der Waals surface area contributed by atoms with Gasteiger partial charge in [-0.05, 0) is 25.1 Å². The van der Waals surface area contributed by atoms with Crippen LogP contribution in [0, 0.1) is 0 Å². The summed E-state index contributed by atoms with van der Waals surface area (Å²) in [5.74, 6) is 0. The minimum absolute atomic E-state index is 0.559. The molecule has 20 heavy (non-hydrogen) atoms. The summed E-state index contributed by atoms with van der Waals surface area (Å²) in [6.45, 7) is 5.67. The number of anilines is 1. The Morgan fingerprint density at radius 2 is 2.15 bits per heavy atom. The Kier molecular flexibility index (Phi) is 4.40. The van der Waals surface area contributed by atoms with Crippen LogP contribution < -0.4 is 5.32 Å². The largest absolute Gasteiger partial charge is 0.424 e. The molecule has 1 aromatic carbocycles. The van der Waals surface area contributed by atoms with E-state index in [0.29, 0.717) is 16.6 Å². The van der Waals surface area contributed by atoms with Crippen molar-refractivity contribution in [3.05, 3.63) is 23.2 Å². The molecule has 0 unspecified atom stereocenters. The first-order valence-corrected chi connectivity index (χ1v) is 7.29. The van der Waals surface area contributed by atoms with Crippen LogP contribution in [0.1, 0.15) is 6.42 Å². The Morgan fingerprint density at radius 1 is 1.30 bits per heavy atom. The van der Waals surface area contributed by atoms with E-state index in [-0.39, 0.29) is 0 Å². The lowest BCUT2D eigenvalue weighted by Crippen LogP contribution is -2.37. The first-order chi connectivity index (χ1) is 9.81. The first-order valence-electron chi connectivity index (χ1n) is 6.91. The maximum atomic E-state index is 5.92. The molecule has 2 heterocycles. The molecular formula is C14H18ClN3O2. The van der Waals surface area contributed by atoms with Crippen LogP contribution in [0.4, 0.5) is 6.01 Å². The fourth-order valence-corrected chi connectivity index (χ4v) is 2.46. The molecule has 1 aliphatic rings. The smallest absolute Gasteiger partial charge is 0.295 e. The zero-order valence-corrected chi connectivity index (χ0v) is 12.0. The number of halogens is 1. The number of aromatic nitrogens is 1. The normalized spacial score (nSPS) is 16.6. The summed E-state index contributed by atoms with van der Waals surface area (Å²) < 4.78 is 10.9. The second-order valence-electron chi connectivity index (χ2n) is 4.87. The maximum absolute atomic E-state index is 5.92. The summed E-state index contributed by atoms with van der Waals surface area (Å²) in [6, 6.07) is 6.02. The van der Waals surface area contributed by atoms with Gasteiger partial charge in [0.15, 0.2) is 5.58 Å². The number of oxazole rings is 1. The predicted molar refractivity (Wildman–Crippen MR) is 79.4 cm³/mol. The number of rotatable bonds is 5. The van der Waals surface area contributed by atoms with Crippen LogP contribution >= 0.6 is 11.6 Å². The molecule has 0 radical (unpaired) electrons. The van der Waals surface area contributed by atoms with Gasteiger partial charge in [-0.3, -0.25) is 4.90 Å². The van der Waals surface area contributed by atoms with Crippen molar-refractivity contribution in [2.75, 3.05) is 44.7 Å². The molecule has 3 rings (SSSR count). The van der Waals surface area contributed by atoms with Gasteiger partial charge in [0.05, 0.1) is 13.2 Å². The van der Waals surface area contributed by atoms with Gasteiger partial charge in [0, 0.05) is 30.7 Å². The predicted octanol–water partition coefficient (Wildman–Crippen LogP) is 2.62. The average molecular weight is 296 g/mol. The van der Waals surface area contributed by atoms with Crippen LogP contribution in [0.2, 0.25) is 5.02 Å². The molecule has 1 N–H and O–H groups in total. The average Bonchev–Trinajstić information content (AvgIpc) is 2.86. The van der Waals surface area contributed by atoms with Crippen molar-refractivity contribution in [1.82, 2.24) is 9.88 Å². The number of nitrogens with one attached hydrogen (secondary N) is 1. The Bertz CT molecular complexity index is 567. The van der Waals surface area contributed by atoms with E-state index in [1.807, 2.05) is 12.1 Å². The quantitative estimate of drug-likeness (QED) is 0.859. The Hall–Kier alpha value is -1.30. The SMILES string of the molecule is Clc1ccc2nc(NCCCN3CCOCC3)oc2c1. The highest BCUT2D eigenvalue weighted by atomic mass is 35.5. The Labute approximate surface area is 122 Å². The topological polar surface area (TPSA) is 50.5 Å². The molecule has 0 amide bonds. The number of benzene rings is 1. The third-order valence-electron chi connectivity index (χ3n) is 3.38. The summed E-state index contributed by atoms with van der Waals surface area (Å²) in [5, 5.41) is 3.87. The van der Waals surface area contributed by atoms with Gasteiger partial charge in [0.25, 0.3) is 6.01 Å². The van der Waals surface area contributed by atoms with Crippen LogP contribution in [0.3, 0.4) is 0 Å². The van der Waals surface area contributed by atoms with Crippen molar-refractivity contribution < 1.29 is 9.15 Å². The summed E-state index contributed by atoms with van der Waals surface area (Å²) in [6.07, 6.45) is 1.06. The minimum atomic E-state index is 0.559. The number of hydrogen-bond donors (Lipinski definition) is 1. The molecule has 0 atom stereocenters. The van der Waals surface area contributed by atoms with Gasteiger partial charge in [-0.2, -0.15) is 4.98 Å². The van der Waals surface area contributed by atoms with E-state index in [1.165, 1.54) is 0 Å². The maximum Gasteiger partial charge on any atom is 0.295 e. The molecule has 1 aliphatic heterocycles. The molecule has 1 fully saturated rings. The third-order valence-corrected chi connectivity index (χ3v) is 3.62. The van der Waals surface area contributed by atoms with Gasteiger partial charge >= 0.3 is 0 Å². The van der Waals surface area contributed by atoms with Crippen LogP contribution in [-0.4, -0.2) is 49.3 Å². The first kappa shape index (κ1) is 13.7. The third kappa shape index (κ3) is 3.42. The Morgan fingerprint density at radius 3 is 3.00 bits per heavy atom. The zero-order valence-electron chi connectivity index (χ0n) is 11.3. The van der Waals surface area contributed by atoms with Crippen LogP contribution in [-0.2, 0) is 4.74 Å². The number of ether oxygens (including phenoxy) is 1. The molecule has 5 nitrogen and oxygen atoms in total. The minimum Gasteiger partial charge on any atom is -0.424 e. The number of fused-ring (bicyclic) bond motifs is 1. The van der Waals surface area contributed by atoms with Crippen molar-refractivity contribution in [1.29, 1.82) is 0 Å². The zero-order chi connectivity index (χ0) is 13.8. The second kappa shape index (κ2) is 6.43. The highest BCUT2D eigenvalue weighted by molar-refractivity contribution is 6.31. The Balaban J connectivity index is 1.47. The molecule has 0 spiro atoms. The van der Waals surface area contributed by atoms with E-state index in [4.69, 9.17) is 20.8 Å². The van der Waals surface area contributed by atoms with E-state index < -0.39 is 0 Å². The van der Waals surface area contributed by atoms with Crippen LogP contribution in [0.5, 0.6) is 0 Å². The van der Waals surface area contributed by atoms with Gasteiger partial charge in [-0.15, -0.1) is 0 Å². The van der Waals surface area contributed by atoms with Crippen molar-refractivity contribution in [2.24, 2.45) is 0 Å². The van der Waals surface area contributed by atoms with Crippen molar-refractivity contribution in [3.63, 3.8) is 0 Å². The fourth-order valence-electron chi connectivity index (χ4n) is 2.30. The number of nitrogens with zero attached hydrogens (tertiary/aromatic N) is 2. The lowest BCUT2D eigenvalue weighted by molar-refractivity contribution is 0.0378. The molecule has 108 valence electrons. The number of morpholine rings is 1. The summed E-state index contributed by atoms with van der Waals surface area (Å²) in [4.78, 5) is 6.78. The van der Waals surface area contributed by atoms with Crippen molar-refractivity contribution in [2.45, 2.75) is 6.42 Å². The molecule has 1 saturated heterocycles. The van der Waals surface area contributed by atoms with E-state index in [9.17, 15) is 0 Å². The summed E-state index contributed by atoms with van der Waals surface area (Å²) in [5.41, 5.74) is 1.54. The van der Waals surface area contributed by atoms with Gasteiger partial charge in [0.2, 0.25) is 0 Å². The monoisotopic (exact) mass is 295 g/mol. The summed E-state index contributed by atoms with van der Waals surface area (Å²) in [7, 11) is 0. The lowest BCUT2D eigenvalue weighted by Gasteiger charge is -2.26. The van der Waals surface area contributed by atoms with Gasteiger partial charge in [0.1, 0.15) is 5.52 Å². The van der Waals surface area contributed by atoms with E-state index >= 15 is 0 Å². The van der Waals surface area contributed by atoms with Crippen LogP contribution in [0.15, 0.2) is 22.6 Å². The molecule has 0 saturated carbocycles. The lowest BCUT2D eigenvalue weighted by atomic mass is 10.3.